The molecule has 1 N–H and O–H groups in total. The number of carboxylic acid groups (broad SMARTS) is 1. The molecule has 3 rings (SSSR count). The second-order valence-electron chi connectivity index (χ2n) is 6.35. The summed E-state index contributed by atoms with van der Waals surface area (Å²) in [5.74, 6) is -1.44. The molecule has 0 bridgehead atoms. The average molecular weight is 488 g/mol. The van der Waals surface area contributed by atoms with Crippen molar-refractivity contribution in [2.75, 3.05) is 4.90 Å². The molecule has 1 fully saturated rings. The van der Waals surface area contributed by atoms with Crippen LogP contribution in [-0.2, 0) is 15.8 Å². The summed E-state index contributed by atoms with van der Waals surface area (Å²) in [5.41, 5.74) is -0.584. The van der Waals surface area contributed by atoms with E-state index in [9.17, 15) is 22.8 Å². The minimum absolute atomic E-state index is 0.0463. The van der Waals surface area contributed by atoms with Crippen LogP contribution >= 0.6 is 35.6 Å². The van der Waals surface area contributed by atoms with Gasteiger partial charge in [-0.2, -0.15) is 13.2 Å². The number of alkyl halides is 3. The number of halogens is 4. The number of carbonyl (C=O) groups excluding carboxylic acids is 1. The van der Waals surface area contributed by atoms with E-state index in [4.69, 9.17) is 33.7 Å². The zero-order valence-corrected chi connectivity index (χ0v) is 18.0. The molecule has 2 aromatic rings. The van der Waals surface area contributed by atoms with Gasteiger partial charge in [0.15, 0.2) is 10.4 Å². The van der Waals surface area contributed by atoms with Gasteiger partial charge >= 0.3 is 12.1 Å². The second-order valence-corrected chi connectivity index (χ2v) is 8.43. The van der Waals surface area contributed by atoms with Gasteiger partial charge in [0.1, 0.15) is 5.75 Å². The first-order chi connectivity index (χ1) is 14.5. The number of hydrogen-bond acceptors (Lipinski definition) is 5. The molecule has 0 spiro atoms. The molecule has 0 radical (unpaired) electrons. The van der Waals surface area contributed by atoms with Gasteiger partial charge in [-0.1, -0.05) is 47.7 Å². The smallest absolute Gasteiger partial charge is 0.417 e. The fraction of sp³-hybridized carbons (Fsp3) is 0.150. The van der Waals surface area contributed by atoms with Crippen LogP contribution in [0.25, 0.3) is 6.08 Å². The van der Waals surface area contributed by atoms with Crippen molar-refractivity contribution < 1.29 is 32.6 Å². The highest BCUT2D eigenvalue weighted by Gasteiger charge is 2.37. The van der Waals surface area contributed by atoms with Crippen LogP contribution in [0.3, 0.4) is 0 Å². The fourth-order valence-electron chi connectivity index (χ4n) is 2.64. The fourth-order valence-corrected chi connectivity index (χ4v) is 4.17. The molecule has 1 atom stereocenters. The molecule has 1 aliphatic heterocycles. The van der Waals surface area contributed by atoms with Gasteiger partial charge in [-0.3, -0.25) is 9.69 Å². The second kappa shape index (κ2) is 8.89. The Bertz CT molecular complexity index is 1100. The maximum absolute atomic E-state index is 13.2. The summed E-state index contributed by atoms with van der Waals surface area (Å²) < 4.78 is 44.9. The summed E-state index contributed by atoms with van der Waals surface area (Å²) >= 11 is 11.8. The Morgan fingerprint density at radius 2 is 2.00 bits per heavy atom. The van der Waals surface area contributed by atoms with Crippen LogP contribution in [0.4, 0.5) is 18.9 Å². The summed E-state index contributed by atoms with van der Waals surface area (Å²) in [4.78, 5) is 25.0. The lowest BCUT2D eigenvalue weighted by atomic mass is 10.1. The van der Waals surface area contributed by atoms with Crippen LogP contribution in [0.15, 0.2) is 47.4 Å². The van der Waals surface area contributed by atoms with Crippen molar-refractivity contribution in [2.45, 2.75) is 19.2 Å². The molecule has 162 valence electrons. The Balaban J connectivity index is 1.89. The number of hydrogen-bond donors (Lipinski definition) is 1. The molecule has 0 aromatic heterocycles. The number of thioether (sulfide) groups is 1. The van der Waals surface area contributed by atoms with E-state index >= 15 is 0 Å². The van der Waals surface area contributed by atoms with Gasteiger partial charge in [-0.25, -0.2) is 4.79 Å². The molecule has 1 heterocycles. The number of carboxylic acids is 1. The lowest BCUT2D eigenvalue weighted by Crippen LogP contribution is -2.27. The third kappa shape index (κ3) is 5.20. The largest absolute Gasteiger partial charge is 0.479 e. The molecule has 2 aromatic carbocycles. The van der Waals surface area contributed by atoms with Crippen molar-refractivity contribution >= 4 is 63.5 Å². The minimum Gasteiger partial charge on any atom is -0.479 e. The number of benzene rings is 2. The Labute approximate surface area is 189 Å². The number of carbonyl (C=O) groups is 2. The predicted octanol–water partition coefficient (Wildman–Crippen LogP) is 5.62. The van der Waals surface area contributed by atoms with Gasteiger partial charge in [-0.15, -0.1) is 0 Å². The first-order valence-corrected chi connectivity index (χ1v) is 10.2. The Morgan fingerprint density at radius 1 is 1.29 bits per heavy atom. The lowest BCUT2D eigenvalue weighted by molar-refractivity contribution is -0.144. The molecule has 0 saturated carbocycles. The van der Waals surface area contributed by atoms with Gasteiger partial charge < -0.3 is 9.84 Å². The van der Waals surface area contributed by atoms with E-state index in [-0.39, 0.29) is 20.7 Å². The van der Waals surface area contributed by atoms with Gasteiger partial charge in [0.05, 0.1) is 21.2 Å². The normalized spacial score (nSPS) is 16.7. The Morgan fingerprint density at radius 3 is 2.65 bits per heavy atom. The number of anilines is 1. The molecule has 11 heteroatoms. The maximum atomic E-state index is 13.2. The molecular weight excluding hydrogens is 475 g/mol. The molecule has 0 aliphatic carbocycles. The number of aliphatic carboxylic acids is 1. The van der Waals surface area contributed by atoms with Crippen molar-refractivity contribution in [3.05, 3.63) is 63.5 Å². The SMILES string of the molecule is CC(Oc1cccc(/C=C2/SC(=S)N(c3ccc(Cl)c(C(F)(F)F)c3)C2=O)c1)C(=O)O. The van der Waals surface area contributed by atoms with Crippen molar-refractivity contribution in [1.29, 1.82) is 0 Å². The Hall–Kier alpha value is -2.56. The lowest BCUT2D eigenvalue weighted by Gasteiger charge is -2.17. The van der Waals surface area contributed by atoms with Gasteiger partial charge in [0.2, 0.25) is 0 Å². The maximum Gasteiger partial charge on any atom is 0.417 e. The van der Waals surface area contributed by atoms with Crippen molar-refractivity contribution in [3.63, 3.8) is 0 Å². The first-order valence-electron chi connectivity index (χ1n) is 8.61. The zero-order chi connectivity index (χ0) is 22.9. The van der Waals surface area contributed by atoms with Crippen LogP contribution in [0.2, 0.25) is 5.02 Å². The molecule has 1 amide bonds. The number of nitrogens with zero attached hydrogens (tertiary/aromatic N) is 1. The van der Waals surface area contributed by atoms with E-state index in [1.807, 2.05) is 0 Å². The molecule has 1 aliphatic rings. The van der Waals surface area contributed by atoms with E-state index in [0.717, 1.165) is 28.8 Å². The predicted molar refractivity (Wildman–Crippen MR) is 116 cm³/mol. The Kier molecular flexibility index (Phi) is 6.63. The number of ether oxygens (including phenoxy) is 1. The highest BCUT2D eigenvalue weighted by Crippen LogP contribution is 2.41. The van der Waals surface area contributed by atoms with Crippen molar-refractivity contribution in [1.82, 2.24) is 0 Å². The standard InChI is InChI=1S/C20H13ClF3NO4S2/c1-10(18(27)28)29-13-4-2-3-11(7-13)8-16-17(26)25(19(30)31-16)12-5-6-15(21)14(9-12)20(22,23)24/h2-10H,1H3,(H,27,28)/b16-8+. The van der Waals surface area contributed by atoms with Crippen molar-refractivity contribution in [2.24, 2.45) is 0 Å². The summed E-state index contributed by atoms with van der Waals surface area (Å²) in [6, 6.07) is 9.50. The highest BCUT2D eigenvalue weighted by molar-refractivity contribution is 8.27. The molecule has 1 unspecified atom stereocenters. The third-order valence-corrected chi connectivity index (χ3v) is 5.76. The number of amides is 1. The molecule has 1 saturated heterocycles. The van der Waals surface area contributed by atoms with E-state index in [2.05, 4.69) is 0 Å². The molecule has 31 heavy (non-hydrogen) atoms. The minimum atomic E-state index is -4.68. The van der Waals surface area contributed by atoms with Crippen LogP contribution in [0.5, 0.6) is 5.75 Å². The van der Waals surface area contributed by atoms with E-state index < -0.39 is 34.7 Å². The summed E-state index contributed by atoms with van der Waals surface area (Å²) in [7, 11) is 0. The molecular formula is C20H13ClF3NO4S2. The average Bonchev–Trinajstić information content (AvgIpc) is 2.95. The summed E-state index contributed by atoms with van der Waals surface area (Å²) in [6.07, 6.45) is -4.25. The van der Waals surface area contributed by atoms with Crippen LogP contribution in [-0.4, -0.2) is 27.4 Å². The van der Waals surface area contributed by atoms with Crippen LogP contribution in [0, 0.1) is 0 Å². The van der Waals surface area contributed by atoms with Crippen molar-refractivity contribution in [3.8, 4) is 5.75 Å². The van der Waals surface area contributed by atoms with Gasteiger partial charge in [0.25, 0.3) is 5.91 Å². The monoisotopic (exact) mass is 487 g/mol. The molecule has 5 nitrogen and oxygen atoms in total. The van der Waals surface area contributed by atoms with E-state index in [1.54, 1.807) is 18.2 Å². The highest BCUT2D eigenvalue weighted by atomic mass is 35.5. The van der Waals surface area contributed by atoms with Gasteiger partial charge in [-0.05, 0) is 48.9 Å². The van der Waals surface area contributed by atoms with Crippen LogP contribution in [0.1, 0.15) is 18.1 Å². The van der Waals surface area contributed by atoms with Gasteiger partial charge in [0, 0.05) is 0 Å². The quantitative estimate of drug-likeness (QED) is 0.436. The van der Waals surface area contributed by atoms with E-state index in [0.29, 0.717) is 5.56 Å². The van der Waals surface area contributed by atoms with E-state index in [1.165, 1.54) is 25.1 Å². The van der Waals surface area contributed by atoms with Crippen LogP contribution < -0.4 is 9.64 Å². The first kappa shape index (κ1) is 23.1. The summed E-state index contributed by atoms with van der Waals surface area (Å²) in [6.45, 7) is 1.38. The number of rotatable bonds is 5. The topological polar surface area (TPSA) is 66.8 Å². The summed E-state index contributed by atoms with van der Waals surface area (Å²) in [5, 5.41) is 8.47. The number of thiocarbonyl (C=S) groups is 1. The third-order valence-electron chi connectivity index (χ3n) is 4.12. The zero-order valence-electron chi connectivity index (χ0n) is 15.6.